The van der Waals surface area contributed by atoms with Gasteiger partial charge in [-0.3, -0.25) is 14.3 Å². The van der Waals surface area contributed by atoms with E-state index < -0.39 is 48.4 Å². The number of nitrogens with zero attached hydrogens (tertiary/aromatic N) is 1. The Bertz CT molecular complexity index is 706. The maximum Gasteiger partial charge on any atom is 0.330 e. The Kier molecular flexibility index (Phi) is 4.56. The normalized spacial score (nSPS) is 28.3. The molecule has 1 aromatic rings. The number of nitrogens with one attached hydrogen (secondary N) is 1. The van der Waals surface area contributed by atoms with E-state index in [1.165, 1.54) is 0 Å². The van der Waals surface area contributed by atoms with Crippen molar-refractivity contribution in [1.29, 1.82) is 0 Å². The molecule has 5 N–H and O–H groups in total. The van der Waals surface area contributed by atoms with E-state index in [9.17, 15) is 24.6 Å². The van der Waals surface area contributed by atoms with Gasteiger partial charge in [0.2, 0.25) is 0 Å². The average molecular weight is 314 g/mol. The van der Waals surface area contributed by atoms with Crippen LogP contribution in [0.5, 0.6) is 0 Å². The summed E-state index contributed by atoms with van der Waals surface area (Å²) in [7, 11) is 0. The van der Waals surface area contributed by atoms with Crippen LogP contribution >= 0.6 is 0 Å². The molecule has 22 heavy (non-hydrogen) atoms. The number of carboxylic acids is 1. The van der Waals surface area contributed by atoms with Gasteiger partial charge in [0.1, 0.15) is 18.3 Å². The van der Waals surface area contributed by atoms with E-state index in [2.05, 4.69) is 0 Å². The van der Waals surface area contributed by atoms with Crippen LogP contribution in [0.1, 0.15) is 11.8 Å². The Morgan fingerprint density at radius 3 is 2.59 bits per heavy atom. The van der Waals surface area contributed by atoms with E-state index >= 15 is 0 Å². The lowest BCUT2D eigenvalue weighted by Gasteiger charge is -2.17. The number of aliphatic carboxylic acids is 1. The fraction of sp³-hybridized carbons (Fsp3) is 0.417. The number of aliphatic hydroxyl groups excluding tert-OH is 3. The highest BCUT2D eigenvalue weighted by atomic mass is 16.6. The molecule has 1 aliphatic rings. The molecular formula is C12H14N2O8. The summed E-state index contributed by atoms with van der Waals surface area (Å²) in [6.45, 7) is -0.571. The van der Waals surface area contributed by atoms with Gasteiger partial charge in [0.15, 0.2) is 6.23 Å². The van der Waals surface area contributed by atoms with Gasteiger partial charge in [0.05, 0.1) is 12.2 Å². The first kappa shape index (κ1) is 16.1. The van der Waals surface area contributed by atoms with Gasteiger partial charge in [-0.15, -0.1) is 0 Å². The molecule has 4 atom stereocenters. The topological polar surface area (TPSA) is 162 Å². The largest absolute Gasteiger partial charge is 0.478 e. The summed E-state index contributed by atoms with van der Waals surface area (Å²) in [6, 6.07) is 0. The molecule has 0 amide bonds. The third-order valence-corrected chi connectivity index (χ3v) is 3.19. The quantitative estimate of drug-likeness (QED) is 0.373. The van der Waals surface area contributed by atoms with Crippen molar-refractivity contribution >= 4 is 12.0 Å². The molecule has 0 aromatic carbocycles. The molecule has 2 rings (SSSR count). The van der Waals surface area contributed by atoms with Crippen molar-refractivity contribution in [2.24, 2.45) is 0 Å². The van der Waals surface area contributed by atoms with Gasteiger partial charge in [-0.2, -0.15) is 0 Å². The minimum Gasteiger partial charge on any atom is -0.478 e. The molecule has 0 unspecified atom stereocenters. The number of rotatable bonds is 4. The van der Waals surface area contributed by atoms with Gasteiger partial charge in [-0.1, -0.05) is 0 Å². The second-order valence-corrected chi connectivity index (χ2v) is 4.65. The van der Waals surface area contributed by atoms with E-state index in [1.807, 2.05) is 4.98 Å². The molecule has 0 saturated carbocycles. The Hall–Kier alpha value is -2.27. The van der Waals surface area contributed by atoms with Crippen molar-refractivity contribution in [2.75, 3.05) is 6.61 Å². The zero-order valence-electron chi connectivity index (χ0n) is 11.1. The van der Waals surface area contributed by atoms with Crippen molar-refractivity contribution in [3.8, 4) is 0 Å². The highest BCUT2D eigenvalue weighted by molar-refractivity contribution is 5.85. The van der Waals surface area contributed by atoms with Crippen molar-refractivity contribution in [3.63, 3.8) is 0 Å². The Morgan fingerprint density at radius 2 is 2.05 bits per heavy atom. The molecule has 10 nitrogen and oxygen atoms in total. The van der Waals surface area contributed by atoms with Crippen LogP contribution in [0.4, 0.5) is 0 Å². The number of H-pyrrole nitrogens is 1. The van der Waals surface area contributed by atoms with Crippen molar-refractivity contribution < 1.29 is 30.0 Å². The summed E-state index contributed by atoms with van der Waals surface area (Å²) in [5.74, 6) is -1.29. The first-order valence-corrected chi connectivity index (χ1v) is 6.24. The van der Waals surface area contributed by atoms with Crippen molar-refractivity contribution in [1.82, 2.24) is 9.55 Å². The minimum absolute atomic E-state index is 0.153. The smallest absolute Gasteiger partial charge is 0.330 e. The summed E-state index contributed by atoms with van der Waals surface area (Å²) in [5.41, 5.74) is -1.88. The number of aliphatic hydroxyl groups is 3. The Balaban J connectivity index is 2.44. The fourth-order valence-corrected chi connectivity index (χ4v) is 2.08. The lowest BCUT2D eigenvalue weighted by molar-refractivity contribution is -0.131. The average Bonchev–Trinajstić information content (AvgIpc) is 2.74. The summed E-state index contributed by atoms with van der Waals surface area (Å²) < 4.78 is 5.98. The van der Waals surface area contributed by atoms with Crippen LogP contribution < -0.4 is 11.2 Å². The van der Waals surface area contributed by atoms with Crippen LogP contribution in [0.2, 0.25) is 0 Å². The standard InChI is InChI=1S/C12H14N2O8/c15-4-6-8(18)9(19)11(22-6)14-3-5(1-2-7(16)17)10(20)13-12(14)21/h1-3,6,8-9,11,15,18-19H,4H2,(H,16,17)(H,13,20,21)/b2-1-/t6-,8-,9-,11-/m1/s1. The van der Waals surface area contributed by atoms with Gasteiger partial charge in [-0.05, 0) is 6.08 Å². The molecule has 10 heteroatoms. The molecule has 0 radical (unpaired) electrons. The molecule has 120 valence electrons. The molecule has 0 bridgehead atoms. The van der Waals surface area contributed by atoms with E-state index in [0.717, 1.165) is 16.8 Å². The highest BCUT2D eigenvalue weighted by Crippen LogP contribution is 2.27. The third kappa shape index (κ3) is 2.99. The number of carboxylic acid groups (broad SMARTS) is 1. The predicted octanol–water partition coefficient (Wildman–Crippen LogP) is -2.75. The van der Waals surface area contributed by atoms with Gasteiger partial charge in [0, 0.05) is 12.3 Å². The molecule has 1 saturated heterocycles. The van der Waals surface area contributed by atoms with E-state index in [-0.39, 0.29) is 5.56 Å². The molecule has 1 fully saturated rings. The number of carbonyl (C=O) groups is 1. The number of aromatic nitrogens is 2. The summed E-state index contributed by atoms with van der Waals surface area (Å²) in [5, 5.41) is 37.1. The minimum atomic E-state index is -1.50. The zero-order valence-corrected chi connectivity index (χ0v) is 11.1. The first-order valence-electron chi connectivity index (χ1n) is 6.24. The second kappa shape index (κ2) is 6.23. The maximum atomic E-state index is 11.8. The van der Waals surface area contributed by atoms with Crippen LogP contribution in [0.3, 0.4) is 0 Å². The van der Waals surface area contributed by atoms with Crippen molar-refractivity contribution in [2.45, 2.75) is 24.5 Å². The Morgan fingerprint density at radius 1 is 1.36 bits per heavy atom. The molecular weight excluding hydrogens is 300 g/mol. The van der Waals surface area contributed by atoms with Crippen LogP contribution in [0, 0.1) is 0 Å². The first-order chi connectivity index (χ1) is 10.3. The molecule has 0 aliphatic carbocycles. The zero-order chi connectivity index (χ0) is 16.4. The maximum absolute atomic E-state index is 11.8. The summed E-state index contributed by atoms with van der Waals surface area (Å²) in [6.07, 6.45) is -2.65. The van der Waals surface area contributed by atoms with Crippen LogP contribution in [0.15, 0.2) is 21.9 Å². The van der Waals surface area contributed by atoms with Crippen molar-refractivity contribution in [3.05, 3.63) is 38.7 Å². The van der Waals surface area contributed by atoms with Gasteiger partial charge < -0.3 is 25.2 Å². The number of hydrogen-bond donors (Lipinski definition) is 5. The lowest BCUT2D eigenvalue weighted by atomic mass is 10.1. The molecule has 1 aromatic heterocycles. The van der Waals surface area contributed by atoms with Crippen LogP contribution in [-0.4, -0.2) is 60.9 Å². The number of aromatic amines is 1. The molecule has 2 heterocycles. The predicted molar refractivity (Wildman–Crippen MR) is 71.0 cm³/mol. The van der Waals surface area contributed by atoms with Gasteiger partial charge >= 0.3 is 11.7 Å². The van der Waals surface area contributed by atoms with E-state index in [4.69, 9.17) is 14.9 Å². The second-order valence-electron chi connectivity index (χ2n) is 4.65. The highest BCUT2D eigenvalue weighted by Gasteiger charge is 2.43. The summed E-state index contributed by atoms with van der Waals surface area (Å²) in [4.78, 5) is 35.8. The van der Waals surface area contributed by atoms with Crippen LogP contribution in [-0.2, 0) is 9.53 Å². The Labute approximate surface area is 122 Å². The van der Waals surface area contributed by atoms with Gasteiger partial charge in [-0.25, -0.2) is 9.59 Å². The SMILES string of the molecule is O=C(O)/C=C\c1cn([C@@H]2O[C@H](CO)[C@@H](O)[C@H]2O)c(=O)[nH]c1=O. The number of ether oxygens (including phenoxy) is 1. The van der Waals surface area contributed by atoms with E-state index in [1.54, 1.807) is 0 Å². The third-order valence-electron chi connectivity index (χ3n) is 3.19. The molecule has 1 aliphatic heterocycles. The van der Waals surface area contributed by atoms with Crippen LogP contribution in [0.25, 0.3) is 6.08 Å². The fourth-order valence-electron chi connectivity index (χ4n) is 2.08. The molecule has 0 spiro atoms. The van der Waals surface area contributed by atoms with Gasteiger partial charge in [0.25, 0.3) is 5.56 Å². The number of hydrogen-bond acceptors (Lipinski definition) is 7. The van der Waals surface area contributed by atoms with E-state index in [0.29, 0.717) is 6.08 Å². The summed E-state index contributed by atoms with van der Waals surface area (Å²) >= 11 is 0. The monoisotopic (exact) mass is 314 g/mol. The lowest BCUT2D eigenvalue weighted by Crippen LogP contribution is -2.38.